The van der Waals surface area contributed by atoms with Crippen LogP contribution in [0.25, 0.3) is 0 Å². The van der Waals surface area contributed by atoms with Crippen LogP contribution in [0.1, 0.15) is 5.56 Å². The van der Waals surface area contributed by atoms with Crippen LogP contribution in [0, 0.1) is 5.82 Å². The maximum atomic E-state index is 13.1. The molecule has 1 rings (SSSR count). The molecule has 0 radical (unpaired) electrons. The molecule has 0 spiro atoms. The number of hydrogen-bond donors (Lipinski definition) is 1. The van der Waals surface area contributed by atoms with Gasteiger partial charge in [0.1, 0.15) is 5.82 Å². The summed E-state index contributed by atoms with van der Waals surface area (Å²) >= 11 is 3.05. The molecule has 0 aromatic heterocycles. The number of methoxy groups -OCH3 is 1. The molecular weight excluding hydrogens is 333 g/mol. The van der Waals surface area contributed by atoms with Gasteiger partial charge in [-0.15, -0.1) is 0 Å². The third-order valence-corrected chi connectivity index (χ3v) is 3.04. The molecule has 0 bridgehead atoms. The van der Waals surface area contributed by atoms with Crippen molar-refractivity contribution in [2.75, 3.05) is 14.2 Å². The molecule has 1 aromatic rings. The molecule has 108 valence electrons. The first-order valence-electron chi connectivity index (χ1n) is 5.53. The van der Waals surface area contributed by atoms with Crippen molar-refractivity contribution < 1.29 is 23.8 Å². The predicted molar refractivity (Wildman–Crippen MR) is 73.3 cm³/mol. The van der Waals surface area contributed by atoms with Crippen LogP contribution < -0.4 is 0 Å². The number of amides is 1. The Labute approximate surface area is 123 Å². The lowest BCUT2D eigenvalue weighted by Gasteiger charge is -2.15. The van der Waals surface area contributed by atoms with E-state index in [0.29, 0.717) is 10.0 Å². The standard InChI is InChI=1S/C13H13BrFNO4/c1-16(12(18)6-11(17)13(19)20-2)7-8-3-4-10(15)9(14)5-8/h3-6,17H,7H2,1-2H3. The van der Waals surface area contributed by atoms with Crippen molar-refractivity contribution in [3.05, 3.63) is 45.9 Å². The summed E-state index contributed by atoms with van der Waals surface area (Å²) in [5, 5.41) is 9.27. The number of aliphatic hydroxyl groups is 1. The molecule has 1 N–H and O–H groups in total. The van der Waals surface area contributed by atoms with Crippen LogP contribution in [0.15, 0.2) is 34.5 Å². The Kier molecular flexibility index (Phi) is 5.69. The van der Waals surface area contributed by atoms with Crippen molar-refractivity contribution in [1.29, 1.82) is 0 Å². The lowest BCUT2D eigenvalue weighted by molar-refractivity contribution is -0.139. The van der Waals surface area contributed by atoms with Gasteiger partial charge in [0.25, 0.3) is 5.91 Å². The van der Waals surface area contributed by atoms with Crippen LogP contribution in [0.4, 0.5) is 4.39 Å². The van der Waals surface area contributed by atoms with Crippen LogP contribution in [0.5, 0.6) is 0 Å². The molecule has 5 nitrogen and oxygen atoms in total. The normalized spacial score (nSPS) is 11.1. The molecule has 0 fully saturated rings. The SMILES string of the molecule is COC(=O)C(O)=CC(=O)N(C)Cc1ccc(F)c(Br)c1. The van der Waals surface area contributed by atoms with E-state index in [2.05, 4.69) is 20.7 Å². The number of aliphatic hydroxyl groups excluding tert-OH is 1. The molecule has 0 heterocycles. The van der Waals surface area contributed by atoms with Gasteiger partial charge < -0.3 is 14.7 Å². The Morgan fingerprint density at radius 1 is 1.50 bits per heavy atom. The number of halogens is 2. The summed E-state index contributed by atoms with van der Waals surface area (Å²) in [7, 11) is 2.58. The van der Waals surface area contributed by atoms with Gasteiger partial charge >= 0.3 is 5.97 Å². The largest absolute Gasteiger partial charge is 0.502 e. The molecule has 0 unspecified atom stereocenters. The third-order valence-electron chi connectivity index (χ3n) is 2.43. The smallest absolute Gasteiger partial charge is 0.373 e. The number of likely N-dealkylation sites (N-methyl/N-ethyl adjacent to an activating group) is 1. The van der Waals surface area contributed by atoms with E-state index >= 15 is 0 Å². The minimum atomic E-state index is -0.990. The molecule has 20 heavy (non-hydrogen) atoms. The molecular formula is C13H13BrFNO4. The van der Waals surface area contributed by atoms with Gasteiger partial charge in [-0.2, -0.15) is 0 Å². The highest BCUT2D eigenvalue weighted by molar-refractivity contribution is 9.10. The van der Waals surface area contributed by atoms with Gasteiger partial charge in [-0.25, -0.2) is 9.18 Å². The van der Waals surface area contributed by atoms with Crippen molar-refractivity contribution in [1.82, 2.24) is 4.90 Å². The molecule has 7 heteroatoms. The Morgan fingerprint density at radius 3 is 2.70 bits per heavy atom. The first-order valence-corrected chi connectivity index (χ1v) is 6.32. The highest BCUT2D eigenvalue weighted by Gasteiger charge is 2.13. The highest BCUT2D eigenvalue weighted by atomic mass is 79.9. The second kappa shape index (κ2) is 7.04. The van der Waals surface area contributed by atoms with Gasteiger partial charge in [0, 0.05) is 13.6 Å². The van der Waals surface area contributed by atoms with E-state index in [1.165, 1.54) is 24.1 Å². The van der Waals surface area contributed by atoms with Crippen LogP contribution in [-0.2, 0) is 20.9 Å². The maximum absolute atomic E-state index is 13.1. The highest BCUT2D eigenvalue weighted by Crippen LogP contribution is 2.17. The van der Waals surface area contributed by atoms with Crippen molar-refractivity contribution in [2.45, 2.75) is 6.54 Å². The van der Waals surface area contributed by atoms with Crippen molar-refractivity contribution in [2.24, 2.45) is 0 Å². The van der Waals surface area contributed by atoms with Crippen LogP contribution in [0.3, 0.4) is 0 Å². The number of benzene rings is 1. The quantitative estimate of drug-likeness (QED) is 0.516. The number of carbonyl (C=O) groups excluding carboxylic acids is 2. The minimum absolute atomic E-state index is 0.197. The third kappa shape index (κ3) is 4.34. The minimum Gasteiger partial charge on any atom is -0.502 e. The fraction of sp³-hybridized carbons (Fsp3) is 0.231. The molecule has 1 aromatic carbocycles. The number of carbonyl (C=O) groups is 2. The fourth-order valence-corrected chi connectivity index (χ4v) is 1.81. The second-order valence-corrected chi connectivity index (χ2v) is 4.82. The Morgan fingerprint density at radius 2 is 2.15 bits per heavy atom. The molecule has 0 atom stereocenters. The summed E-state index contributed by atoms with van der Waals surface area (Å²) < 4.78 is 17.6. The average molecular weight is 346 g/mol. The molecule has 0 saturated heterocycles. The second-order valence-electron chi connectivity index (χ2n) is 3.96. The van der Waals surface area contributed by atoms with Gasteiger partial charge in [0.05, 0.1) is 17.7 Å². The van der Waals surface area contributed by atoms with Gasteiger partial charge in [0.15, 0.2) is 0 Å². The maximum Gasteiger partial charge on any atom is 0.373 e. The van der Waals surface area contributed by atoms with Crippen LogP contribution >= 0.6 is 15.9 Å². The molecule has 0 aliphatic rings. The van der Waals surface area contributed by atoms with Crippen molar-refractivity contribution in [3.8, 4) is 0 Å². The van der Waals surface area contributed by atoms with E-state index in [-0.39, 0.29) is 6.54 Å². The van der Waals surface area contributed by atoms with Crippen molar-refractivity contribution >= 4 is 27.8 Å². The summed E-state index contributed by atoms with van der Waals surface area (Å²) in [5.41, 5.74) is 0.695. The average Bonchev–Trinajstić information content (AvgIpc) is 2.41. The first kappa shape index (κ1) is 16.2. The van der Waals surface area contributed by atoms with E-state index in [4.69, 9.17) is 0 Å². The number of esters is 1. The Hall–Kier alpha value is -1.89. The zero-order valence-corrected chi connectivity index (χ0v) is 12.5. The zero-order valence-electron chi connectivity index (χ0n) is 10.9. The van der Waals surface area contributed by atoms with E-state index in [1.54, 1.807) is 6.07 Å². The Bertz CT molecular complexity index is 559. The van der Waals surface area contributed by atoms with Gasteiger partial charge in [-0.3, -0.25) is 4.79 Å². The molecule has 0 aliphatic carbocycles. The lowest BCUT2D eigenvalue weighted by atomic mass is 10.2. The van der Waals surface area contributed by atoms with E-state index in [0.717, 1.165) is 13.2 Å². The van der Waals surface area contributed by atoms with Gasteiger partial charge in [-0.05, 0) is 33.6 Å². The zero-order chi connectivity index (χ0) is 15.3. The van der Waals surface area contributed by atoms with E-state index < -0.39 is 23.5 Å². The van der Waals surface area contributed by atoms with Gasteiger partial charge in [0.2, 0.25) is 5.76 Å². The first-order chi connectivity index (χ1) is 9.35. The molecule has 0 aliphatic heterocycles. The number of hydrogen-bond acceptors (Lipinski definition) is 4. The van der Waals surface area contributed by atoms with Crippen molar-refractivity contribution in [3.63, 3.8) is 0 Å². The van der Waals surface area contributed by atoms with Gasteiger partial charge in [-0.1, -0.05) is 6.07 Å². The predicted octanol–water partition coefficient (Wildman–Crippen LogP) is 2.16. The number of rotatable bonds is 4. The van der Waals surface area contributed by atoms with Crippen LogP contribution in [0.2, 0.25) is 0 Å². The fourth-order valence-electron chi connectivity index (χ4n) is 1.38. The van der Waals surface area contributed by atoms with E-state index in [1.807, 2.05) is 0 Å². The molecule has 0 saturated carbocycles. The summed E-state index contributed by atoms with van der Waals surface area (Å²) in [4.78, 5) is 23.9. The van der Waals surface area contributed by atoms with Crippen LogP contribution in [-0.4, -0.2) is 36.0 Å². The summed E-state index contributed by atoms with van der Waals surface area (Å²) in [5.74, 6) is -2.74. The number of nitrogens with zero attached hydrogens (tertiary/aromatic N) is 1. The topological polar surface area (TPSA) is 66.8 Å². The summed E-state index contributed by atoms with van der Waals surface area (Å²) in [6.07, 6.45) is 0.768. The lowest BCUT2D eigenvalue weighted by Crippen LogP contribution is -2.25. The monoisotopic (exact) mass is 345 g/mol. The summed E-state index contributed by atoms with van der Waals surface area (Å²) in [6, 6.07) is 4.36. The molecule has 1 amide bonds. The number of ether oxygens (including phenoxy) is 1. The van der Waals surface area contributed by atoms with E-state index in [9.17, 15) is 19.1 Å². The summed E-state index contributed by atoms with van der Waals surface area (Å²) in [6.45, 7) is 0.197. The Balaban J connectivity index is 2.75.